The molecule has 2 aromatic rings. The van der Waals surface area contributed by atoms with Gasteiger partial charge >= 0.3 is 5.69 Å². The molecule has 98 valence electrons. The second-order valence-corrected chi connectivity index (χ2v) is 4.57. The number of hydrogen-bond donors (Lipinski definition) is 0. The van der Waals surface area contributed by atoms with Gasteiger partial charge in [0.2, 0.25) is 0 Å². The van der Waals surface area contributed by atoms with Crippen LogP contribution in [0.5, 0.6) is 0 Å². The highest BCUT2D eigenvalue weighted by Gasteiger charge is 2.16. The van der Waals surface area contributed by atoms with Gasteiger partial charge in [-0.05, 0) is 6.42 Å². The third-order valence-corrected chi connectivity index (χ3v) is 3.32. The van der Waals surface area contributed by atoms with E-state index < -0.39 is 0 Å². The fourth-order valence-electron chi connectivity index (χ4n) is 2.12. The second kappa shape index (κ2) is 4.44. The first kappa shape index (κ1) is 12.6. The summed E-state index contributed by atoms with van der Waals surface area (Å²) in [4.78, 5) is 28.3. The number of unbranched alkanes of at least 4 members (excludes halogenated alkanes) is 1. The molecular formula is C12H18N4O2. The maximum Gasteiger partial charge on any atom is 0.332 e. The number of imidazole rings is 1. The highest BCUT2D eigenvalue weighted by atomic mass is 16.2. The van der Waals surface area contributed by atoms with Gasteiger partial charge in [0.25, 0.3) is 5.56 Å². The van der Waals surface area contributed by atoms with Crippen molar-refractivity contribution in [1.82, 2.24) is 18.7 Å². The number of rotatable bonds is 3. The second-order valence-electron chi connectivity index (χ2n) is 4.57. The summed E-state index contributed by atoms with van der Waals surface area (Å²) in [7, 11) is 4.95. The van der Waals surface area contributed by atoms with Gasteiger partial charge in [-0.25, -0.2) is 9.78 Å². The van der Waals surface area contributed by atoms with Crippen molar-refractivity contribution in [2.24, 2.45) is 21.1 Å². The lowest BCUT2D eigenvalue weighted by molar-refractivity contribution is 0.704. The Morgan fingerprint density at radius 1 is 1.06 bits per heavy atom. The summed E-state index contributed by atoms with van der Waals surface area (Å²) < 4.78 is 4.34. The van der Waals surface area contributed by atoms with E-state index in [0.717, 1.165) is 29.7 Å². The molecule has 0 spiro atoms. The Kier molecular flexibility index (Phi) is 3.11. The van der Waals surface area contributed by atoms with Crippen LogP contribution in [0.25, 0.3) is 11.2 Å². The van der Waals surface area contributed by atoms with Crippen LogP contribution >= 0.6 is 0 Å². The van der Waals surface area contributed by atoms with Crippen molar-refractivity contribution in [2.45, 2.75) is 26.2 Å². The van der Waals surface area contributed by atoms with Crippen molar-refractivity contribution in [1.29, 1.82) is 0 Å². The van der Waals surface area contributed by atoms with Crippen LogP contribution in [-0.2, 0) is 27.6 Å². The molecule has 0 fully saturated rings. The van der Waals surface area contributed by atoms with Gasteiger partial charge in [-0.1, -0.05) is 13.3 Å². The molecule has 2 aromatic heterocycles. The molecule has 0 saturated heterocycles. The van der Waals surface area contributed by atoms with Crippen LogP contribution in [0.3, 0.4) is 0 Å². The van der Waals surface area contributed by atoms with Crippen molar-refractivity contribution in [3.05, 3.63) is 26.7 Å². The molecule has 0 bridgehead atoms. The predicted octanol–water partition coefficient (Wildman–Crippen LogP) is 0.313. The Labute approximate surface area is 104 Å². The van der Waals surface area contributed by atoms with Gasteiger partial charge in [0.05, 0.1) is 0 Å². The molecule has 6 heteroatoms. The molecule has 0 aliphatic heterocycles. The van der Waals surface area contributed by atoms with Crippen LogP contribution in [0.15, 0.2) is 9.59 Å². The SMILES string of the molecule is CCCCc1nc2c(c(=O)n(C)c(=O)n2C)n1C. The van der Waals surface area contributed by atoms with Crippen molar-refractivity contribution >= 4 is 11.2 Å². The minimum Gasteiger partial charge on any atom is -0.325 e. The first-order chi connectivity index (χ1) is 8.49. The molecule has 0 atom stereocenters. The Hall–Kier alpha value is -1.85. The summed E-state index contributed by atoms with van der Waals surface area (Å²) in [6.07, 6.45) is 2.91. The standard InChI is InChI=1S/C12H18N4O2/c1-5-6-7-8-13-10-9(14(8)2)11(17)16(4)12(18)15(10)3/h5-7H2,1-4H3. The highest BCUT2D eigenvalue weighted by molar-refractivity contribution is 5.70. The quantitative estimate of drug-likeness (QED) is 0.787. The van der Waals surface area contributed by atoms with Gasteiger partial charge in [-0.2, -0.15) is 0 Å². The monoisotopic (exact) mass is 250 g/mol. The molecule has 0 aliphatic rings. The fourth-order valence-corrected chi connectivity index (χ4v) is 2.12. The normalized spacial score (nSPS) is 11.3. The molecule has 0 N–H and O–H groups in total. The zero-order valence-corrected chi connectivity index (χ0v) is 11.2. The summed E-state index contributed by atoms with van der Waals surface area (Å²) in [5, 5.41) is 0. The summed E-state index contributed by atoms with van der Waals surface area (Å²) in [6, 6.07) is 0. The maximum absolute atomic E-state index is 12.1. The number of aromatic nitrogens is 4. The molecule has 2 heterocycles. The van der Waals surface area contributed by atoms with E-state index in [0.29, 0.717) is 11.2 Å². The van der Waals surface area contributed by atoms with Gasteiger partial charge < -0.3 is 4.57 Å². The first-order valence-electron chi connectivity index (χ1n) is 6.10. The third kappa shape index (κ3) is 1.68. The van der Waals surface area contributed by atoms with E-state index in [1.54, 1.807) is 11.6 Å². The van der Waals surface area contributed by atoms with Crippen molar-refractivity contribution < 1.29 is 0 Å². The fraction of sp³-hybridized carbons (Fsp3) is 0.583. The van der Waals surface area contributed by atoms with Gasteiger partial charge in [0.15, 0.2) is 11.2 Å². The molecule has 0 aliphatic carbocycles. The summed E-state index contributed by atoms with van der Waals surface area (Å²) in [6.45, 7) is 2.11. The lowest BCUT2D eigenvalue weighted by Crippen LogP contribution is -2.37. The maximum atomic E-state index is 12.1. The molecule has 0 radical (unpaired) electrons. The van der Waals surface area contributed by atoms with Gasteiger partial charge in [0, 0.05) is 27.6 Å². The molecule has 0 amide bonds. The van der Waals surface area contributed by atoms with Crippen LogP contribution in [-0.4, -0.2) is 18.7 Å². The van der Waals surface area contributed by atoms with E-state index in [4.69, 9.17) is 0 Å². The van der Waals surface area contributed by atoms with Crippen molar-refractivity contribution in [2.75, 3.05) is 0 Å². The largest absolute Gasteiger partial charge is 0.332 e. The lowest BCUT2D eigenvalue weighted by atomic mass is 10.2. The Morgan fingerprint density at radius 2 is 1.72 bits per heavy atom. The number of hydrogen-bond acceptors (Lipinski definition) is 3. The van der Waals surface area contributed by atoms with Crippen LogP contribution in [0.4, 0.5) is 0 Å². The summed E-state index contributed by atoms with van der Waals surface area (Å²) >= 11 is 0. The average Bonchev–Trinajstić information content (AvgIpc) is 2.69. The number of nitrogens with zero attached hydrogens (tertiary/aromatic N) is 4. The Morgan fingerprint density at radius 3 is 2.33 bits per heavy atom. The van der Waals surface area contributed by atoms with Gasteiger partial charge in [0.1, 0.15) is 5.82 Å². The van der Waals surface area contributed by atoms with Crippen molar-refractivity contribution in [3.8, 4) is 0 Å². The average molecular weight is 250 g/mol. The molecule has 2 rings (SSSR count). The van der Waals surface area contributed by atoms with Crippen LogP contribution in [0.2, 0.25) is 0 Å². The highest BCUT2D eigenvalue weighted by Crippen LogP contribution is 2.11. The van der Waals surface area contributed by atoms with Crippen molar-refractivity contribution in [3.63, 3.8) is 0 Å². The zero-order valence-electron chi connectivity index (χ0n) is 11.2. The Balaban J connectivity index is 2.80. The van der Waals surface area contributed by atoms with Crippen LogP contribution in [0.1, 0.15) is 25.6 Å². The summed E-state index contributed by atoms with van der Waals surface area (Å²) in [5.74, 6) is 0.852. The molecular weight excluding hydrogens is 232 g/mol. The van der Waals surface area contributed by atoms with Gasteiger partial charge in [-0.15, -0.1) is 0 Å². The molecule has 18 heavy (non-hydrogen) atoms. The smallest absolute Gasteiger partial charge is 0.325 e. The van der Waals surface area contributed by atoms with E-state index >= 15 is 0 Å². The molecule has 6 nitrogen and oxygen atoms in total. The summed E-state index contributed by atoms with van der Waals surface area (Å²) in [5.41, 5.74) is 0.334. The predicted molar refractivity (Wildman–Crippen MR) is 69.8 cm³/mol. The first-order valence-corrected chi connectivity index (χ1v) is 6.10. The third-order valence-electron chi connectivity index (χ3n) is 3.32. The Bertz CT molecular complexity index is 705. The van der Waals surface area contributed by atoms with E-state index in [1.807, 2.05) is 7.05 Å². The van der Waals surface area contributed by atoms with E-state index in [2.05, 4.69) is 11.9 Å². The number of fused-ring (bicyclic) bond motifs is 1. The van der Waals surface area contributed by atoms with E-state index in [9.17, 15) is 9.59 Å². The minimum atomic E-state index is -0.340. The van der Waals surface area contributed by atoms with Crippen LogP contribution < -0.4 is 11.2 Å². The van der Waals surface area contributed by atoms with E-state index in [1.165, 1.54) is 11.6 Å². The number of aryl methyl sites for hydroxylation is 3. The van der Waals surface area contributed by atoms with E-state index in [-0.39, 0.29) is 11.2 Å². The topological polar surface area (TPSA) is 61.8 Å². The lowest BCUT2D eigenvalue weighted by Gasteiger charge is -2.03. The van der Waals surface area contributed by atoms with Gasteiger partial charge in [-0.3, -0.25) is 13.9 Å². The minimum absolute atomic E-state index is 0.286. The molecule has 0 saturated carbocycles. The molecule has 0 unspecified atom stereocenters. The van der Waals surface area contributed by atoms with Crippen LogP contribution in [0, 0.1) is 0 Å². The molecule has 0 aromatic carbocycles. The zero-order chi connectivity index (χ0) is 13.4.